The second-order valence-corrected chi connectivity index (χ2v) is 11.0. The maximum absolute atomic E-state index is 15.4. The van der Waals surface area contributed by atoms with Gasteiger partial charge in [0, 0.05) is 35.4 Å². The van der Waals surface area contributed by atoms with Gasteiger partial charge in [-0.3, -0.25) is 19.1 Å². The quantitative estimate of drug-likeness (QED) is 0.379. The number of thioether (sulfide) groups is 1. The number of ether oxygens (including phenoxy) is 2. The zero-order valence-electron chi connectivity index (χ0n) is 21.8. The Balaban J connectivity index is 1.54. The van der Waals surface area contributed by atoms with E-state index in [0.29, 0.717) is 17.7 Å². The molecule has 39 heavy (non-hydrogen) atoms. The van der Waals surface area contributed by atoms with E-state index in [-0.39, 0.29) is 37.2 Å². The van der Waals surface area contributed by atoms with Crippen LogP contribution < -0.4 is 16.0 Å². The van der Waals surface area contributed by atoms with Gasteiger partial charge in [-0.1, -0.05) is 44.2 Å². The third kappa shape index (κ3) is 5.31. The van der Waals surface area contributed by atoms with Gasteiger partial charge in [-0.2, -0.15) is 0 Å². The van der Waals surface area contributed by atoms with E-state index in [1.54, 1.807) is 36.6 Å². The summed E-state index contributed by atoms with van der Waals surface area (Å²) in [5, 5.41) is 0. The van der Waals surface area contributed by atoms with E-state index in [9.17, 15) is 14.4 Å². The lowest BCUT2D eigenvalue weighted by Crippen LogP contribution is -2.50. The Bertz CT molecular complexity index is 1470. The Morgan fingerprint density at radius 3 is 2.77 bits per heavy atom. The number of carbonyl (C=O) groups excluding carboxylic acids is 2. The predicted octanol–water partition coefficient (Wildman–Crippen LogP) is 3.93. The van der Waals surface area contributed by atoms with Gasteiger partial charge in [-0.05, 0) is 35.2 Å². The molecule has 2 N–H and O–H groups in total. The molecule has 2 aromatic carbocycles. The first-order chi connectivity index (χ1) is 18.8. The van der Waals surface area contributed by atoms with Crippen molar-refractivity contribution in [3.63, 3.8) is 0 Å². The van der Waals surface area contributed by atoms with Crippen LogP contribution in [0.2, 0.25) is 0 Å². The van der Waals surface area contributed by atoms with E-state index in [2.05, 4.69) is 0 Å². The van der Waals surface area contributed by atoms with Gasteiger partial charge in [-0.15, -0.1) is 11.8 Å². The van der Waals surface area contributed by atoms with Crippen LogP contribution in [0.25, 0.3) is 0 Å². The first-order valence-electron chi connectivity index (χ1n) is 12.9. The fourth-order valence-corrected chi connectivity index (χ4v) is 6.25. The van der Waals surface area contributed by atoms with E-state index in [0.717, 1.165) is 26.8 Å². The fourth-order valence-electron chi connectivity index (χ4n) is 5.14. The number of nitrogens with two attached hydrogens (primary N) is 1. The summed E-state index contributed by atoms with van der Waals surface area (Å²) in [5.74, 6) is 4.00. The molecule has 1 amide bonds. The highest BCUT2D eigenvalue weighted by Crippen LogP contribution is 2.44. The summed E-state index contributed by atoms with van der Waals surface area (Å²) >= 11 is 1.66. The molecule has 0 aliphatic carbocycles. The summed E-state index contributed by atoms with van der Waals surface area (Å²) in [6.07, 6.45) is 1.65. The third-order valence-corrected chi connectivity index (χ3v) is 8.26. The molecule has 3 aromatic rings. The molecule has 5 rings (SSSR count). The Morgan fingerprint density at radius 1 is 1.18 bits per heavy atom. The Hall–Kier alpha value is -3.63. The van der Waals surface area contributed by atoms with Crippen molar-refractivity contribution in [1.29, 1.82) is 0 Å². The number of carbonyl (C=O) groups is 2. The number of hydrogen-bond donors (Lipinski definition) is 1. The number of nitrogen functional groups attached to an aromatic ring is 1. The molecule has 3 heterocycles. The van der Waals surface area contributed by atoms with Gasteiger partial charge >= 0.3 is 5.97 Å². The summed E-state index contributed by atoms with van der Waals surface area (Å²) in [5.41, 5.74) is 1.69. The van der Waals surface area contributed by atoms with Crippen LogP contribution in [0, 0.1) is 11.7 Å². The number of halogens is 1. The van der Waals surface area contributed by atoms with Gasteiger partial charge in [0.15, 0.2) is 5.69 Å². The van der Waals surface area contributed by atoms with Crippen molar-refractivity contribution >= 4 is 23.6 Å². The lowest BCUT2D eigenvalue weighted by molar-refractivity contribution is -0.137. The summed E-state index contributed by atoms with van der Waals surface area (Å²) in [6.45, 7) is 4.01. The molecule has 2 atom stereocenters. The molecule has 204 valence electrons. The summed E-state index contributed by atoms with van der Waals surface area (Å²) in [4.78, 5) is 41.7. The van der Waals surface area contributed by atoms with E-state index < -0.39 is 35.0 Å². The molecule has 2 aliphatic heterocycles. The van der Waals surface area contributed by atoms with Crippen LogP contribution in [0.5, 0.6) is 5.75 Å². The minimum Gasteiger partial charge on any atom is -0.420 e. The molecule has 0 bridgehead atoms. The van der Waals surface area contributed by atoms with Crippen LogP contribution in [0.3, 0.4) is 0 Å². The van der Waals surface area contributed by atoms with Crippen molar-refractivity contribution in [2.45, 2.75) is 42.9 Å². The summed E-state index contributed by atoms with van der Waals surface area (Å²) < 4.78 is 27.5. The van der Waals surface area contributed by atoms with Crippen molar-refractivity contribution in [2.75, 3.05) is 25.6 Å². The molecular formula is C29H30FN3O5S. The summed E-state index contributed by atoms with van der Waals surface area (Å²) in [6, 6.07) is 13.8. The van der Waals surface area contributed by atoms with Crippen molar-refractivity contribution in [3.8, 4) is 5.75 Å². The standard InChI is InChI=1S/C29H30FN3O5S/c1-17(2)29(36)38-27-23(34)10-11-33(31)26(27)28(35)32-12-13-37-15-19(32)14-21-20-7-3-4-9-24(20)39-16-18-6-5-8-22(30)25(18)21/h3-11,17,19,21H,12-16,31H2,1-2H3/t19-,21-/m1/s1. The molecule has 1 saturated heterocycles. The fraction of sp³-hybridized carbons (Fsp3) is 0.345. The highest BCUT2D eigenvalue weighted by atomic mass is 32.2. The second kappa shape index (κ2) is 11.2. The minimum absolute atomic E-state index is 0.216. The van der Waals surface area contributed by atoms with Gasteiger partial charge in [-0.25, -0.2) is 4.39 Å². The van der Waals surface area contributed by atoms with Crippen molar-refractivity contribution < 1.29 is 23.5 Å². The van der Waals surface area contributed by atoms with Crippen LogP contribution in [0.4, 0.5) is 4.39 Å². The van der Waals surface area contributed by atoms with Crippen LogP contribution in [-0.4, -0.2) is 47.3 Å². The molecule has 0 saturated carbocycles. The number of benzene rings is 2. The molecule has 0 unspecified atom stereocenters. The number of amides is 1. The normalized spacial score (nSPS) is 18.7. The average molecular weight is 552 g/mol. The highest BCUT2D eigenvalue weighted by molar-refractivity contribution is 7.98. The maximum Gasteiger partial charge on any atom is 0.313 e. The Morgan fingerprint density at radius 2 is 1.97 bits per heavy atom. The van der Waals surface area contributed by atoms with Gasteiger partial charge in [0.1, 0.15) is 5.82 Å². The lowest BCUT2D eigenvalue weighted by Gasteiger charge is -2.38. The smallest absolute Gasteiger partial charge is 0.313 e. The number of rotatable bonds is 5. The summed E-state index contributed by atoms with van der Waals surface area (Å²) in [7, 11) is 0. The van der Waals surface area contributed by atoms with Crippen molar-refractivity contribution in [1.82, 2.24) is 9.58 Å². The van der Waals surface area contributed by atoms with Crippen molar-refractivity contribution in [2.24, 2.45) is 5.92 Å². The number of morpholine rings is 1. The molecular weight excluding hydrogens is 521 g/mol. The number of hydrogen-bond acceptors (Lipinski definition) is 7. The SMILES string of the molecule is CC(C)C(=O)Oc1c(C(=O)N2CCOC[C@H]2C[C@@H]2c3ccccc3SCc3cccc(F)c32)n(N)ccc1=O. The first kappa shape index (κ1) is 27.0. The van der Waals surface area contributed by atoms with Crippen LogP contribution in [-0.2, 0) is 15.3 Å². The van der Waals surface area contributed by atoms with Gasteiger partial charge in [0.2, 0.25) is 11.2 Å². The van der Waals surface area contributed by atoms with E-state index in [1.165, 1.54) is 12.3 Å². The molecule has 0 spiro atoms. The van der Waals surface area contributed by atoms with Crippen molar-refractivity contribution in [3.05, 3.63) is 93.2 Å². The van der Waals surface area contributed by atoms with Crippen LogP contribution in [0.1, 0.15) is 53.4 Å². The van der Waals surface area contributed by atoms with E-state index >= 15 is 4.39 Å². The second-order valence-electron chi connectivity index (χ2n) is 10.00. The number of esters is 1. The number of pyridine rings is 1. The zero-order chi connectivity index (χ0) is 27.7. The molecule has 10 heteroatoms. The van der Waals surface area contributed by atoms with Crippen LogP contribution >= 0.6 is 11.8 Å². The molecule has 1 fully saturated rings. The minimum atomic E-state index is -0.648. The number of fused-ring (bicyclic) bond motifs is 2. The van der Waals surface area contributed by atoms with E-state index in [1.807, 2.05) is 30.3 Å². The number of nitrogens with zero attached hydrogens (tertiary/aromatic N) is 2. The first-order valence-corrected chi connectivity index (χ1v) is 13.8. The van der Waals surface area contributed by atoms with Gasteiger partial charge < -0.3 is 20.2 Å². The van der Waals surface area contributed by atoms with Gasteiger partial charge in [0.25, 0.3) is 5.91 Å². The van der Waals surface area contributed by atoms with E-state index in [4.69, 9.17) is 15.3 Å². The molecule has 8 nitrogen and oxygen atoms in total. The Kier molecular flexibility index (Phi) is 7.76. The average Bonchev–Trinajstić information content (AvgIpc) is 3.08. The lowest BCUT2D eigenvalue weighted by atomic mass is 9.83. The number of aromatic nitrogens is 1. The zero-order valence-corrected chi connectivity index (χ0v) is 22.6. The monoisotopic (exact) mass is 551 g/mol. The molecule has 2 aliphatic rings. The van der Waals surface area contributed by atoms with Gasteiger partial charge in [0.05, 0.1) is 25.2 Å². The molecule has 0 radical (unpaired) electrons. The predicted molar refractivity (Wildman–Crippen MR) is 146 cm³/mol. The van der Waals surface area contributed by atoms with Crippen LogP contribution in [0.15, 0.2) is 64.4 Å². The molecule has 1 aromatic heterocycles. The maximum atomic E-state index is 15.4. The Labute approximate surface area is 229 Å². The largest absolute Gasteiger partial charge is 0.420 e. The topological polar surface area (TPSA) is 104 Å². The third-order valence-electron chi connectivity index (χ3n) is 7.13. The highest BCUT2D eigenvalue weighted by Gasteiger charge is 2.37.